The summed E-state index contributed by atoms with van der Waals surface area (Å²) in [6, 6.07) is 4.89. The first-order valence-electron chi connectivity index (χ1n) is 5.54. The van der Waals surface area contributed by atoms with E-state index in [9.17, 15) is 4.79 Å². The average Bonchev–Trinajstić information content (AvgIpc) is 2.32. The Balaban J connectivity index is 3.02. The van der Waals surface area contributed by atoms with E-state index in [1.54, 1.807) is 18.2 Å². The highest BCUT2D eigenvalue weighted by Crippen LogP contribution is 2.26. The normalized spacial score (nSPS) is 10.2. The van der Waals surface area contributed by atoms with Crippen molar-refractivity contribution < 1.29 is 4.79 Å². The maximum absolute atomic E-state index is 12.3. The molecule has 3 nitrogen and oxygen atoms in total. The Bertz CT molecular complexity index is 465. The van der Waals surface area contributed by atoms with E-state index in [4.69, 9.17) is 41.2 Å². The van der Waals surface area contributed by atoms with Gasteiger partial charge in [-0.2, -0.15) is 0 Å². The number of hydrogen-bond acceptors (Lipinski definition) is 2. The number of carbonyl (C=O) groups excluding carboxylic acids is 1. The van der Waals surface area contributed by atoms with E-state index in [1.807, 2.05) is 6.92 Å². The van der Waals surface area contributed by atoms with Crippen LogP contribution in [0.5, 0.6) is 0 Å². The van der Waals surface area contributed by atoms with Gasteiger partial charge in [-0.1, -0.05) is 42.6 Å². The van der Waals surface area contributed by atoms with E-state index in [0.29, 0.717) is 17.1 Å². The smallest absolute Gasteiger partial charge is 0.261 e. The molecule has 0 unspecified atom stereocenters. The monoisotopic (exact) mass is 304 g/mol. The zero-order chi connectivity index (χ0) is 13.7. The molecule has 0 aliphatic heterocycles. The number of nitrogens with zero attached hydrogens (tertiary/aromatic N) is 1. The summed E-state index contributed by atoms with van der Waals surface area (Å²) in [7, 11) is 0. The van der Waals surface area contributed by atoms with E-state index in [2.05, 4.69) is 0 Å². The highest BCUT2D eigenvalue weighted by atomic mass is 35.5. The molecule has 2 N–H and O–H groups in total. The molecule has 0 aromatic heterocycles. The molecule has 0 saturated carbocycles. The van der Waals surface area contributed by atoms with Gasteiger partial charge in [0.15, 0.2) is 5.11 Å². The fourth-order valence-electron chi connectivity index (χ4n) is 1.44. The molecule has 1 aromatic carbocycles. The van der Waals surface area contributed by atoms with Gasteiger partial charge in [0, 0.05) is 6.54 Å². The number of hydrogen-bond donors (Lipinski definition) is 1. The molecule has 0 bridgehead atoms. The Morgan fingerprint density at radius 3 is 2.67 bits per heavy atom. The molecule has 1 amide bonds. The molecule has 1 rings (SSSR count). The van der Waals surface area contributed by atoms with Gasteiger partial charge in [0.1, 0.15) is 0 Å². The SMILES string of the molecule is CCCCN(C(=O)c1cccc(Cl)c1Cl)C(N)=S. The van der Waals surface area contributed by atoms with Gasteiger partial charge >= 0.3 is 0 Å². The molecular formula is C12H14Cl2N2OS. The summed E-state index contributed by atoms with van der Waals surface area (Å²) in [6.07, 6.45) is 1.76. The molecule has 1 aromatic rings. The van der Waals surface area contributed by atoms with Crippen LogP contribution in [0.4, 0.5) is 0 Å². The topological polar surface area (TPSA) is 46.3 Å². The summed E-state index contributed by atoms with van der Waals surface area (Å²) < 4.78 is 0. The molecule has 0 aliphatic carbocycles. The Morgan fingerprint density at radius 2 is 2.11 bits per heavy atom. The van der Waals surface area contributed by atoms with E-state index >= 15 is 0 Å². The van der Waals surface area contributed by atoms with Crippen molar-refractivity contribution in [1.29, 1.82) is 0 Å². The largest absolute Gasteiger partial charge is 0.376 e. The number of thiocarbonyl (C=S) groups is 1. The first kappa shape index (κ1) is 15.2. The third-order valence-electron chi connectivity index (χ3n) is 2.43. The van der Waals surface area contributed by atoms with Crippen LogP contribution >= 0.6 is 35.4 Å². The van der Waals surface area contributed by atoms with Gasteiger partial charge in [0.05, 0.1) is 15.6 Å². The van der Waals surface area contributed by atoms with Crippen LogP contribution in [0.1, 0.15) is 30.1 Å². The molecule has 18 heavy (non-hydrogen) atoms. The van der Waals surface area contributed by atoms with Crippen LogP contribution in [0.2, 0.25) is 10.0 Å². The van der Waals surface area contributed by atoms with Crippen LogP contribution in [0.3, 0.4) is 0 Å². The van der Waals surface area contributed by atoms with E-state index in [-0.39, 0.29) is 16.0 Å². The zero-order valence-corrected chi connectivity index (χ0v) is 12.3. The number of halogens is 2. The van der Waals surface area contributed by atoms with Crippen molar-refractivity contribution in [2.45, 2.75) is 19.8 Å². The first-order chi connectivity index (χ1) is 8.49. The quantitative estimate of drug-likeness (QED) is 0.866. The Kier molecular flexibility index (Phi) is 5.85. The number of benzene rings is 1. The number of carbonyl (C=O) groups is 1. The lowest BCUT2D eigenvalue weighted by molar-refractivity contribution is 0.0847. The summed E-state index contributed by atoms with van der Waals surface area (Å²) in [6.45, 7) is 2.50. The molecule has 0 atom stereocenters. The summed E-state index contributed by atoms with van der Waals surface area (Å²) in [5, 5.41) is 0.604. The van der Waals surface area contributed by atoms with Crippen LogP contribution in [-0.2, 0) is 0 Å². The second-order valence-electron chi connectivity index (χ2n) is 3.75. The predicted molar refractivity (Wildman–Crippen MR) is 79.2 cm³/mol. The number of rotatable bonds is 4. The van der Waals surface area contributed by atoms with Gasteiger partial charge in [-0.3, -0.25) is 9.69 Å². The third-order valence-corrected chi connectivity index (χ3v) is 3.47. The van der Waals surface area contributed by atoms with E-state index in [0.717, 1.165) is 12.8 Å². The van der Waals surface area contributed by atoms with Gasteiger partial charge < -0.3 is 5.73 Å². The number of nitrogens with two attached hydrogens (primary N) is 1. The average molecular weight is 305 g/mol. The van der Waals surface area contributed by atoms with Crippen LogP contribution in [-0.4, -0.2) is 22.5 Å². The van der Waals surface area contributed by atoms with Gasteiger partial charge in [-0.15, -0.1) is 0 Å². The standard InChI is InChI=1S/C12H14Cl2N2OS/c1-2-3-7-16(12(15)18)11(17)8-5-4-6-9(13)10(8)14/h4-6H,2-3,7H2,1H3,(H2,15,18). The van der Waals surface area contributed by atoms with Crippen molar-refractivity contribution in [2.24, 2.45) is 5.73 Å². The summed E-state index contributed by atoms with van der Waals surface area (Å²) in [4.78, 5) is 13.6. The van der Waals surface area contributed by atoms with Crippen molar-refractivity contribution in [3.8, 4) is 0 Å². The molecule has 0 spiro atoms. The van der Waals surface area contributed by atoms with Crippen molar-refractivity contribution in [3.05, 3.63) is 33.8 Å². The fraction of sp³-hybridized carbons (Fsp3) is 0.333. The highest BCUT2D eigenvalue weighted by Gasteiger charge is 2.20. The maximum atomic E-state index is 12.3. The molecule has 0 radical (unpaired) electrons. The second-order valence-corrected chi connectivity index (χ2v) is 4.95. The lowest BCUT2D eigenvalue weighted by Crippen LogP contribution is -2.41. The van der Waals surface area contributed by atoms with Crippen molar-refractivity contribution in [3.63, 3.8) is 0 Å². The minimum Gasteiger partial charge on any atom is -0.376 e. The molecule has 98 valence electrons. The molecular weight excluding hydrogens is 291 g/mol. The van der Waals surface area contributed by atoms with Crippen LogP contribution in [0.15, 0.2) is 18.2 Å². The number of unbranched alkanes of at least 4 members (excludes halogenated alkanes) is 1. The lowest BCUT2D eigenvalue weighted by Gasteiger charge is -2.21. The van der Waals surface area contributed by atoms with Gasteiger partial charge in [-0.05, 0) is 30.8 Å². The summed E-state index contributed by atoms with van der Waals surface area (Å²) in [5.74, 6) is -0.316. The van der Waals surface area contributed by atoms with Gasteiger partial charge in [0.2, 0.25) is 0 Å². The summed E-state index contributed by atoms with van der Waals surface area (Å²) in [5.41, 5.74) is 5.88. The van der Waals surface area contributed by atoms with Gasteiger partial charge in [-0.25, -0.2) is 0 Å². The predicted octanol–water partition coefficient (Wildman–Crippen LogP) is 3.48. The van der Waals surface area contributed by atoms with Crippen molar-refractivity contribution in [1.82, 2.24) is 4.90 Å². The maximum Gasteiger partial charge on any atom is 0.261 e. The minimum absolute atomic E-state index is 0.0458. The molecule has 0 heterocycles. The Hall–Kier alpha value is -0.840. The summed E-state index contributed by atoms with van der Waals surface area (Å²) >= 11 is 16.8. The molecule has 0 aliphatic rings. The van der Waals surface area contributed by atoms with Crippen LogP contribution in [0, 0.1) is 0 Å². The minimum atomic E-state index is -0.316. The number of amides is 1. The highest BCUT2D eigenvalue weighted by molar-refractivity contribution is 7.80. The molecule has 6 heteroatoms. The molecule has 0 saturated heterocycles. The van der Waals surface area contributed by atoms with Crippen molar-refractivity contribution in [2.75, 3.05) is 6.54 Å². The first-order valence-corrected chi connectivity index (χ1v) is 6.70. The zero-order valence-electron chi connectivity index (χ0n) is 9.95. The van der Waals surface area contributed by atoms with Crippen LogP contribution < -0.4 is 5.73 Å². The fourth-order valence-corrected chi connectivity index (χ4v) is 2.00. The van der Waals surface area contributed by atoms with E-state index in [1.165, 1.54) is 4.90 Å². The Morgan fingerprint density at radius 1 is 1.44 bits per heavy atom. The van der Waals surface area contributed by atoms with E-state index < -0.39 is 0 Å². The van der Waals surface area contributed by atoms with Crippen molar-refractivity contribution >= 4 is 46.4 Å². The lowest BCUT2D eigenvalue weighted by atomic mass is 10.2. The second kappa shape index (κ2) is 6.92. The third kappa shape index (κ3) is 3.57. The van der Waals surface area contributed by atoms with Crippen LogP contribution in [0.25, 0.3) is 0 Å². The Labute approximate surface area is 122 Å². The molecule has 0 fully saturated rings. The van der Waals surface area contributed by atoms with Gasteiger partial charge in [0.25, 0.3) is 5.91 Å².